The summed E-state index contributed by atoms with van der Waals surface area (Å²) < 4.78 is 5.03. The Kier molecular flexibility index (Phi) is 2.04. The topological polar surface area (TPSA) is 114 Å². The molecule has 0 amide bonds. The fourth-order valence-corrected chi connectivity index (χ4v) is 1.29. The largest absolute Gasteiger partial charge is 0.506 e. The van der Waals surface area contributed by atoms with Crippen molar-refractivity contribution < 1.29 is 9.63 Å². The molecule has 17 heavy (non-hydrogen) atoms. The molecule has 84 valence electrons. The van der Waals surface area contributed by atoms with Crippen LogP contribution in [0.2, 0.25) is 0 Å². The molecule has 0 aliphatic carbocycles. The van der Waals surface area contributed by atoms with E-state index in [4.69, 9.17) is 4.52 Å². The van der Waals surface area contributed by atoms with Crippen LogP contribution in [0.25, 0.3) is 23.1 Å². The van der Waals surface area contributed by atoms with E-state index < -0.39 is 0 Å². The average molecular weight is 230 g/mol. The summed E-state index contributed by atoms with van der Waals surface area (Å²) in [6.45, 7) is 0. The number of H-pyrrole nitrogens is 1. The lowest BCUT2D eigenvalue weighted by Gasteiger charge is -1.93. The van der Waals surface area contributed by atoms with E-state index >= 15 is 0 Å². The summed E-state index contributed by atoms with van der Waals surface area (Å²) in [4.78, 5) is 11.8. The van der Waals surface area contributed by atoms with Gasteiger partial charge in [-0.2, -0.15) is 10.1 Å². The third-order valence-corrected chi connectivity index (χ3v) is 2.02. The lowest BCUT2D eigenvalue weighted by atomic mass is 10.3. The Morgan fingerprint density at radius 1 is 1.29 bits per heavy atom. The summed E-state index contributed by atoms with van der Waals surface area (Å²) in [6, 6.07) is 1.48. The lowest BCUT2D eigenvalue weighted by Crippen LogP contribution is -1.84. The van der Waals surface area contributed by atoms with E-state index in [9.17, 15) is 5.11 Å². The van der Waals surface area contributed by atoms with Crippen molar-refractivity contribution in [2.45, 2.75) is 0 Å². The van der Waals surface area contributed by atoms with E-state index in [2.05, 4.69) is 30.3 Å². The monoisotopic (exact) mass is 230 g/mol. The third kappa shape index (κ3) is 1.71. The molecule has 0 aliphatic rings. The van der Waals surface area contributed by atoms with Crippen molar-refractivity contribution in [1.29, 1.82) is 0 Å². The van der Waals surface area contributed by atoms with E-state index in [0.717, 1.165) is 0 Å². The Labute approximate surface area is 94.4 Å². The number of nitrogens with one attached hydrogen (secondary N) is 1. The fourth-order valence-electron chi connectivity index (χ4n) is 1.29. The molecule has 0 saturated heterocycles. The van der Waals surface area contributed by atoms with Crippen LogP contribution in [-0.2, 0) is 0 Å². The van der Waals surface area contributed by atoms with Crippen molar-refractivity contribution in [3.05, 3.63) is 24.8 Å². The number of hydrogen-bond donors (Lipinski definition) is 2. The van der Waals surface area contributed by atoms with E-state index in [-0.39, 0.29) is 11.6 Å². The second-order valence-corrected chi connectivity index (χ2v) is 3.19. The molecule has 0 spiro atoms. The van der Waals surface area contributed by atoms with Crippen LogP contribution in [0.1, 0.15) is 0 Å². The molecule has 2 N–H and O–H groups in total. The molecule has 8 nitrogen and oxygen atoms in total. The number of aromatic nitrogens is 6. The molecule has 3 rings (SSSR count). The number of hydrogen-bond acceptors (Lipinski definition) is 7. The summed E-state index contributed by atoms with van der Waals surface area (Å²) >= 11 is 0. The maximum Gasteiger partial charge on any atom is 0.260 e. The molecular weight excluding hydrogens is 224 g/mol. The summed E-state index contributed by atoms with van der Waals surface area (Å²) in [5.41, 5.74) is 0.531. The van der Waals surface area contributed by atoms with Gasteiger partial charge in [-0.1, -0.05) is 5.16 Å². The van der Waals surface area contributed by atoms with E-state index in [1.165, 1.54) is 24.8 Å². The maximum absolute atomic E-state index is 9.28. The first-order valence-corrected chi connectivity index (χ1v) is 4.67. The Balaban J connectivity index is 2.01. The number of pyridine rings is 1. The van der Waals surface area contributed by atoms with Crippen molar-refractivity contribution >= 4 is 0 Å². The highest BCUT2D eigenvalue weighted by atomic mass is 16.5. The first kappa shape index (κ1) is 9.46. The molecule has 3 heterocycles. The standard InChI is InChI=1S/C9H6N6O2/c16-6-1-5(2-10-3-6)9-13-8(15-17-9)7-11-4-12-14-7/h1-4,16H,(H,11,12,14). The lowest BCUT2D eigenvalue weighted by molar-refractivity contribution is 0.430. The first-order valence-electron chi connectivity index (χ1n) is 4.67. The number of aromatic hydroxyl groups is 1. The molecule has 0 fully saturated rings. The SMILES string of the molecule is Oc1cncc(-c2nc(-c3ncn[nH]3)no2)c1. The summed E-state index contributed by atoms with van der Waals surface area (Å²) in [6.07, 6.45) is 4.18. The van der Waals surface area contributed by atoms with Crippen molar-refractivity contribution in [2.75, 3.05) is 0 Å². The summed E-state index contributed by atoms with van der Waals surface area (Å²) in [7, 11) is 0. The second kappa shape index (κ2) is 3.67. The first-order chi connectivity index (χ1) is 8.33. The molecule has 0 bridgehead atoms. The second-order valence-electron chi connectivity index (χ2n) is 3.19. The Bertz CT molecular complexity index is 632. The van der Waals surface area contributed by atoms with E-state index in [1.54, 1.807) is 0 Å². The highest BCUT2D eigenvalue weighted by Gasteiger charge is 2.12. The molecule has 3 aromatic heterocycles. The number of aromatic amines is 1. The van der Waals surface area contributed by atoms with Crippen LogP contribution in [0.4, 0.5) is 0 Å². The van der Waals surface area contributed by atoms with Gasteiger partial charge >= 0.3 is 0 Å². The molecule has 0 atom stereocenters. The molecule has 0 aliphatic heterocycles. The number of nitrogens with zero attached hydrogens (tertiary/aromatic N) is 5. The van der Waals surface area contributed by atoms with Gasteiger partial charge in [-0.25, -0.2) is 4.98 Å². The van der Waals surface area contributed by atoms with Crippen LogP contribution in [0.5, 0.6) is 5.75 Å². The highest BCUT2D eigenvalue weighted by molar-refractivity contribution is 5.56. The minimum Gasteiger partial charge on any atom is -0.506 e. The van der Waals surface area contributed by atoms with Gasteiger partial charge in [0.15, 0.2) is 5.82 Å². The maximum atomic E-state index is 9.28. The Hall–Kier alpha value is -2.77. The zero-order valence-electron chi connectivity index (χ0n) is 8.40. The van der Waals surface area contributed by atoms with Gasteiger partial charge in [0.2, 0.25) is 5.82 Å². The summed E-state index contributed by atoms with van der Waals surface area (Å²) in [5.74, 6) is 0.982. The zero-order valence-corrected chi connectivity index (χ0v) is 8.40. The van der Waals surface area contributed by atoms with Crippen LogP contribution in [0.3, 0.4) is 0 Å². The van der Waals surface area contributed by atoms with Gasteiger partial charge in [-0.05, 0) is 6.07 Å². The van der Waals surface area contributed by atoms with Crippen LogP contribution < -0.4 is 0 Å². The van der Waals surface area contributed by atoms with Crippen molar-refractivity contribution in [2.24, 2.45) is 0 Å². The minimum absolute atomic E-state index is 0.0296. The van der Waals surface area contributed by atoms with E-state index in [0.29, 0.717) is 17.2 Å². The van der Waals surface area contributed by atoms with Gasteiger partial charge in [0.05, 0.1) is 11.8 Å². The minimum atomic E-state index is 0.0296. The van der Waals surface area contributed by atoms with Crippen LogP contribution in [0.15, 0.2) is 29.3 Å². The highest BCUT2D eigenvalue weighted by Crippen LogP contribution is 2.21. The molecule has 3 aromatic rings. The number of rotatable bonds is 2. The normalized spacial score (nSPS) is 10.6. The molecule has 0 aromatic carbocycles. The quantitative estimate of drug-likeness (QED) is 0.663. The third-order valence-electron chi connectivity index (χ3n) is 2.02. The fraction of sp³-hybridized carbons (Fsp3) is 0. The van der Waals surface area contributed by atoms with Crippen molar-refractivity contribution in [3.8, 4) is 28.9 Å². The zero-order chi connectivity index (χ0) is 11.7. The molecule has 0 saturated carbocycles. The van der Waals surface area contributed by atoms with Gasteiger partial charge in [-0.15, -0.1) is 0 Å². The smallest absolute Gasteiger partial charge is 0.260 e. The van der Waals surface area contributed by atoms with Gasteiger partial charge in [0, 0.05) is 6.20 Å². The van der Waals surface area contributed by atoms with Crippen LogP contribution in [-0.4, -0.2) is 35.4 Å². The molecule has 0 radical (unpaired) electrons. The van der Waals surface area contributed by atoms with Gasteiger partial charge in [-0.3, -0.25) is 10.1 Å². The summed E-state index contributed by atoms with van der Waals surface area (Å²) in [5, 5.41) is 19.3. The Morgan fingerprint density at radius 3 is 3.00 bits per heavy atom. The molecule has 0 unspecified atom stereocenters. The van der Waals surface area contributed by atoms with E-state index in [1.807, 2.05) is 0 Å². The molecular formula is C9H6N6O2. The van der Waals surface area contributed by atoms with Crippen molar-refractivity contribution in [1.82, 2.24) is 30.3 Å². The Morgan fingerprint density at radius 2 is 2.24 bits per heavy atom. The van der Waals surface area contributed by atoms with Crippen LogP contribution in [0, 0.1) is 0 Å². The van der Waals surface area contributed by atoms with Gasteiger partial charge in [0.1, 0.15) is 12.1 Å². The molecule has 8 heteroatoms. The van der Waals surface area contributed by atoms with Gasteiger partial charge < -0.3 is 9.63 Å². The van der Waals surface area contributed by atoms with Gasteiger partial charge in [0.25, 0.3) is 5.89 Å². The van der Waals surface area contributed by atoms with Crippen molar-refractivity contribution in [3.63, 3.8) is 0 Å². The predicted octanol–water partition coefficient (Wildman–Crippen LogP) is 0.622. The predicted molar refractivity (Wildman–Crippen MR) is 54.6 cm³/mol. The average Bonchev–Trinajstić information content (AvgIpc) is 3.00. The van der Waals surface area contributed by atoms with Crippen LogP contribution >= 0.6 is 0 Å².